The molecule has 0 unspecified atom stereocenters. The van der Waals surface area contributed by atoms with Gasteiger partial charge in [0.2, 0.25) is 5.28 Å². The van der Waals surface area contributed by atoms with Crippen LogP contribution in [0.25, 0.3) is 11.2 Å². The number of aromatic carboxylic acids is 1. The maximum Gasteiger partial charge on any atom is 0.335 e. The van der Waals surface area contributed by atoms with Crippen molar-refractivity contribution in [2.45, 2.75) is 24.1 Å². The highest BCUT2D eigenvalue weighted by molar-refractivity contribution is 7.99. The van der Waals surface area contributed by atoms with Crippen molar-refractivity contribution >= 4 is 46.3 Å². The van der Waals surface area contributed by atoms with Crippen LogP contribution in [0.3, 0.4) is 0 Å². The standard InChI is InChI=1S/C17H16ClN5O4S/c18-17-21-13(19-5-8-2-1-3-9(4-8)16(26)27)11-14(22-17)23(7-20-11)15-12(25)10(24)6-28-15/h1-4,7,10,12,15,24-25H,5-6H2,(H,26,27)(H,19,21,22)/t10-,12-,15-/m1/s1. The minimum atomic E-state index is -0.997. The van der Waals surface area contributed by atoms with Crippen LogP contribution < -0.4 is 5.32 Å². The Hall–Kier alpha value is -2.40. The lowest BCUT2D eigenvalue weighted by Gasteiger charge is -2.17. The predicted octanol–water partition coefficient (Wildman–Crippen LogP) is 1.76. The fourth-order valence-electron chi connectivity index (χ4n) is 3.03. The normalized spacial score (nSPS) is 21.9. The summed E-state index contributed by atoms with van der Waals surface area (Å²) in [6.45, 7) is 0.315. The molecule has 0 bridgehead atoms. The lowest BCUT2D eigenvalue weighted by atomic mass is 10.1. The summed E-state index contributed by atoms with van der Waals surface area (Å²) in [5.74, 6) is -0.189. The number of carboxylic acids is 1. The van der Waals surface area contributed by atoms with E-state index in [9.17, 15) is 15.0 Å². The van der Waals surface area contributed by atoms with Gasteiger partial charge in [-0.3, -0.25) is 4.57 Å². The highest BCUT2D eigenvalue weighted by Crippen LogP contribution is 2.38. The van der Waals surface area contributed by atoms with Crippen LogP contribution in [0, 0.1) is 0 Å². The summed E-state index contributed by atoms with van der Waals surface area (Å²) in [5.41, 5.74) is 1.85. The first-order valence-corrected chi connectivity index (χ1v) is 9.80. The van der Waals surface area contributed by atoms with Crippen molar-refractivity contribution in [1.82, 2.24) is 19.5 Å². The smallest absolute Gasteiger partial charge is 0.335 e. The zero-order valence-corrected chi connectivity index (χ0v) is 15.9. The second-order valence-corrected chi connectivity index (χ2v) is 7.79. The molecule has 4 rings (SSSR count). The summed E-state index contributed by atoms with van der Waals surface area (Å²) >= 11 is 7.47. The number of hydrogen-bond acceptors (Lipinski definition) is 8. The number of aliphatic hydroxyl groups is 2. The van der Waals surface area contributed by atoms with E-state index in [0.717, 1.165) is 5.56 Å². The Balaban J connectivity index is 1.63. The van der Waals surface area contributed by atoms with E-state index in [1.54, 1.807) is 22.8 Å². The highest BCUT2D eigenvalue weighted by Gasteiger charge is 2.36. The summed E-state index contributed by atoms with van der Waals surface area (Å²) in [6, 6.07) is 6.56. The molecule has 4 N–H and O–H groups in total. The van der Waals surface area contributed by atoms with E-state index in [1.165, 1.54) is 24.2 Å². The number of nitrogens with zero attached hydrogens (tertiary/aromatic N) is 4. The van der Waals surface area contributed by atoms with Crippen molar-refractivity contribution in [2.24, 2.45) is 0 Å². The maximum atomic E-state index is 11.1. The Labute approximate surface area is 168 Å². The van der Waals surface area contributed by atoms with E-state index in [-0.39, 0.29) is 10.8 Å². The number of aromatic nitrogens is 4. The molecule has 1 aromatic carbocycles. The van der Waals surface area contributed by atoms with Gasteiger partial charge in [0, 0.05) is 12.3 Å². The first-order valence-electron chi connectivity index (χ1n) is 8.38. The molecule has 0 spiro atoms. The fraction of sp³-hybridized carbons (Fsp3) is 0.294. The van der Waals surface area contributed by atoms with Gasteiger partial charge in [-0.15, -0.1) is 11.8 Å². The molecule has 0 aliphatic carbocycles. The topological polar surface area (TPSA) is 133 Å². The lowest BCUT2D eigenvalue weighted by molar-refractivity contribution is 0.0313. The van der Waals surface area contributed by atoms with Crippen molar-refractivity contribution in [3.05, 3.63) is 47.0 Å². The number of aliphatic hydroxyl groups excluding tert-OH is 2. The second-order valence-electron chi connectivity index (χ2n) is 6.31. The number of carboxylic acid groups (broad SMARTS) is 1. The molecule has 1 aliphatic heterocycles. The van der Waals surface area contributed by atoms with Gasteiger partial charge in [-0.05, 0) is 29.3 Å². The molecule has 1 saturated heterocycles. The Morgan fingerprint density at radius 1 is 1.36 bits per heavy atom. The highest BCUT2D eigenvalue weighted by atomic mass is 35.5. The van der Waals surface area contributed by atoms with Crippen molar-refractivity contribution in [2.75, 3.05) is 11.1 Å². The SMILES string of the molecule is O=C(O)c1cccc(CNc2nc(Cl)nc3c2ncn3[C@@H]2SC[C@@H](O)[C@H]2O)c1. The summed E-state index contributed by atoms with van der Waals surface area (Å²) < 4.78 is 1.67. The molecule has 3 atom stereocenters. The Morgan fingerprint density at radius 2 is 2.18 bits per heavy atom. The van der Waals surface area contributed by atoms with Gasteiger partial charge < -0.3 is 20.6 Å². The van der Waals surface area contributed by atoms with E-state index >= 15 is 0 Å². The third-order valence-corrected chi connectivity index (χ3v) is 5.98. The summed E-state index contributed by atoms with van der Waals surface area (Å²) in [5, 5.41) is 31.8. The van der Waals surface area contributed by atoms with Crippen LogP contribution in [0.5, 0.6) is 0 Å². The lowest BCUT2D eigenvalue weighted by Crippen LogP contribution is -2.27. The second kappa shape index (κ2) is 7.55. The average Bonchev–Trinajstić information content (AvgIpc) is 3.23. The quantitative estimate of drug-likeness (QED) is 0.454. The van der Waals surface area contributed by atoms with Gasteiger partial charge in [0.1, 0.15) is 11.5 Å². The van der Waals surface area contributed by atoms with Crippen LogP contribution in [0.1, 0.15) is 21.3 Å². The summed E-state index contributed by atoms with van der Waals surface area (Å²) in [7, 11) is 0. The summed E-state index contributed by atoms with van der Waals surface area (Å²) in [4.78, 5) is 23.9. The number of rotatable bonds is 5. The van der Waals surface area contributed by atoms with Crippen LogP contribution in [0.2, 0.25) is 5.28 Å². The third-order valence-electron chi connectivity index (χ3n) is 4.43. The van der Waals surface area contributed by atoms with Gasteiger partial charge in [0.05, 0.1) is 18.0 Å². The largest absolute Gasteiger partial charge is 0.478 e. The number of imidazole rings is 1. The molecule has 1 aliphatic rings. The molecule has 146 valence electrons. The van der Waals surface area contributed by atoms with Crippen molar-refractivity contribution in [3.63, 3.8) is 0 Å². The number of fused-ring (bicyclic) bond motifs is 1. The molecule has 28 heavy (non-hydrogen) atoms. The number of carbonyl (C=O) groups is 1. The van der Waals surface area contributed by atoms with Crippen molar-refractivity contribution in [1.29, 1.82) is 0 Å². The molecular weight excluding hydrogens is 406 g/mol. The number of halogens is 1. The van der Waals surface area contributed by atoms with E-state index in [0.29, 0.717) is 29.3 Å². The molecule has 3 heterocycles. The van der Waals surface area contributed by atoms with Gasteiger partial charge in [-0.1, -0.05) is 12.1 Å². The number of thioether (sulfide) groups is 1. The van der Waals surface area contributed by atoms with Gasteiger partial charge >= 0.3 is 5.97 Å². The number of anilines is 1. The molecule has 11 heteroatoms. The number of nitrogens with one attached hydrogen (secondary N) is 1. The molecule has 3 aromatic rings. The first kappa shape index (κ1) is 18.9. The van der Waals surface area contributed by atoms with Gasteiger partial charge in [-0.2, -0.15) is 9.97 Å². The van der Waals surface area contributed by atoms with Crippen LogP contribution in [-0.2, 0) is 6.54 Å². The van der Waals surface area contributed by atoms with Gasteiger partial charge in [0.25, 0.3) is 0 Å². The monoisotopic (exact) mass is 421 g/mol. The van der Waals surface area contributed by atoms with E-state index in [4.69, 9.17) is 16.7 Å². The van der Waals surface area contributed by atoms with Crippen LogP contribution in [0.15, 0.2) is 30.6 Å². The third kappa shape index (κ3) is 3.51. The van der Waals surface area contributed by atoms with Gasteiger partial charge in [0.15, 0.2) is 17.0 Å². The molecule has 1 fully saturated rings. The van der Waals surface area contributed by atoms with Crippen LogP contribution in [-0.4, -0.2) is 58.8 Å². The first-order chi connectivity index (χ1) is 13.4. The summed E-state index contributed by atoms with van der Waals surface area (Å²) in [6.07, 6.45) is -0.222. The Kier molecular flexibility index (Phi) is 5.11. The molecule has 2 aromatic heterocycles. The minimum Gasteiger partial charge on any atom is -0.478 e. The fourth-order valence-corrected chi connectivity index (χ4v) is 4.48. The van der Waals surface area contributed by atoms with Crippen LogP contribution >= 0.6 is 23.4 Å². The Morgan fingerprint density at radius 3 is 2.89 bits per heavy atom. The average molecular weight is 422 g/mol. The molecule has 9 nitrogen and oxygen atoms in total. The zero-order chi connectivity index (χ0) is 19.8. The maximum absolute atomic E-state index is 11.1. The molecule has 0 saturated carbocycles. The zero-order valence-electron chi connectivity index (χ0n) is 14.4. The van der Waals surface area contributed by atoms with Crippen molar-refractivity contribution < 1.29 is 20.1 Å². The minimum absolute atomic E-state index is 0.00840. The number of hydrogen-bond donors (Lipinski definition) is 4. The Bertz CT molecular complexity index is 1050. The molecular formula is C17H16ClN5O4S. The predicted molar refractivity (Wildman–Crippen MR) is 105 cm³/mol. The van der Waals surface area contributed by atoms with E-state index in [1.807, 2.05) is 0 Å². The number of benzene rings is 1. The van der Waals surface area contributed by atoms with Crippen LogP contribution in [0.4, 0.5) is 5.82 Å². The van der Waals surface area contributed by atoms with Gasteiger partial charge in [-0.25, -0.2) is 9.78 Å². The van der Waals surface area contributed by atoms with E-state index in [2.05, 4.69) is 20.3 Å². The molecule has 0 amide bonds. The van der Waals surface area contributed by atoms with Crippen molar-refractivity contribution in [3.8, 4) is 0 Å². The molecule has 0 radical (unpaired) electrons. The van der Waals surface area contributed by atoms with E-state index < -0.39 is 23.6 Å².